The molecule has 18 heavy (non-hydrogen) atoms. The van der Waals surface area contributed by atoms with E-state index in [2.05, 4.69) is 0 Å². The van der Waals surface area contributed by atoms with Crippen molar-refractivity contribution >= 4 is 11.6 Å². The number of hydrogen-bond acceptors (Lipinski definition) is 4. The summed E-state index contributed by atoms with van der Waals surface area (Å²) in [5.74, 6) is -0.198. The van der Waals surface area contributed by atoms with Crippen LogP contribution in [0.3, 0.4) is 0 Å². The van der Waals surface area contributed by atoms with Crippen molar-refractivity contribution in [3.05, 3.63) is 39.4 Å². The number of benzene rings is 1. The summed E-state index contributed by atoms with van der Waals surface area (Å²) in [7, 11) is 1.64. The summed E-state index contributed by atoms with van der Waals surface area (Å²) >= 11 is 0. The SMILES string of the molecule is Cc1cc([N+](=O)[O-])ccc1C(=O)N(C)CCCO. The number of aliphatic hydroxyl groups is 1. The lowest BCUT2D eigenvalue weighted by molar-refractivity contribution is -0.384. The monoisotopic (exact) mass is 252 g/mol. The minimum Gasteiger partial charge on any atom is -0.396 e. The molecule has 98 valence electrons. The van der Waals surface area contributed by atoms with E-state index in [0.29, 0.717) is 24.1 Å². The molecule has 0 radical (unpaired) electrons. The maximum atomic E-state index is 12.0. The molecule has 0 aliphatic rings. The Morgan fingerprint density at radius 3 is 2.67 bits per heavy atom. The third-order valence-corrected chi connectivity index (χ3v) is 2.65. The fourth-order valence-corrected chi connectivity index (χ4v) is 1.62. The van der Waals surface area contributed by atoms with Crippen LogP contribution < -0.4 is 0 Å². The fourth-order valence-electron chi connectivity index (χ4n) is 1.62. The van der Waals surface area contributed by atoms with Gasteiger partial charge in [0.15, 0.2) is 0 Å². The molecule has 6 nitrogen and oxygen atoms in total. The van der Waals surface area contributed by atoms with Crippen LogP contribution in [-0.4, -0.2) is 41.0 Å². The highest BCUT2D eigenvalue weighted by Crippen LogP contribution is 2.18. The predicted octanol–water partition coefficient (Wildman–Crippen LogP) is 1.36. The molecule has 0 aromatic heterocycles. The smallest absolute Gasteiger partial charge is 0.269 e. The van der Waals surface area contributed by atoms with Crippen LogP contribution in [0.5, 0.6) is 0 Å². The summed E-state index contributed by atoms with van der Waals surface area (Å²) in [4.78, 5) is 23.6. The van der Waals surface area contributed by atoms with Crippen LogP contribution in [0.25, 0.3) is 0 Å². The van der Waals surface area contributed by atoms with E-state index in [1.807, 2.05) is 0 Å². The summed E-state index contributed by atoms with van der Waals surface area (Å²) in [5, 5.41) is 19.3. The molecule has 0 atom stereocenters. The fraction of sp³-hybridized carbons (Fsp3) is 0.417. The van der Waals surface area contributed by atoms with Crippen molar-refractivity contribution in [2.75, 3.05) is 20.2 Å². The Bertz CT molecular complexity index is 459. The van der Waals surface area contributed by atoms with Gasteiger partial charge in [-0.15, -0.1) is 0 Å². The van der Waals surface area contributed by atoms with Gasteiger partial charge in [-0.2, -0.15) is 0 Å². The van der Waals surface area contributed by atoms with Crippen LogP contribution in [0.15, 0.2) is 18.2 Å². The van der Waals surface area contributed by atoms with Gasteiger partial charge in [0.05, 0.1) is 4.92 Å². The van der Waals surface area contributed by atoms with Gasteiger partial charge in [0.1, 0.15) is 0 Å². The highest BCUT2D eigenvalue weighted by atomic mass is 16.6. The van der Waals surface area contributed by atoms with Gasteiger partial charge in [-0.3, -0.25) is 14.9 Å². The van der Waals surface area contributed by atoms with Crippen molar-refractivity contribution in [3.63, 3.8) is 0 Å². The van der Waals surface area contributed by atoms with Gasteiger partial charge in [0.2, 0.25) is 0 Å². The number of carbonyl (C=O) groups excluding carboxylic acids is 1. The molecule has 0 heterocycles. The minimum atomic E-state index is -0.489. The number of hydrogen-bond donors (Lipinski definition) is 1. The molecule has 0 unspecified atom stereocenters. The number of amides is 1. The van der Waals surface area contributed by atoms with E-state index in [4.69, 9.17) is 5.11 Å². The third kappa shape index (κ3) is 3.27. The number of nitrogens with zero attached hydrogens (tertiary/aromatic N) is 2. The van der Waals surface area contributed by atoms with Crippen LogP contribution >= 0.6 is 0 Å². The molecule has 1 aromatic rings. The van der Waals surface area contributed by atoms with Gasteiger partial charge in [-0.1, -0.05) is 0 Å². The van der Waals surface area contributed by atoms with E-state index < -0.39 is 4.92 Å². The molecule has 1 N–H and O–H groups in total. The maximum absolute atomic E-state index is 12.0. The minimum absolute atomic E-state index is 0.0247. The van der Waals surface area contributed by atoms with Crippen LogP contribution in [0, 0.1) is 17.0 Å². The van der Waals surface area contributed by atoms with E-state index in [0.717, 1.165) is 0 Å². The number of rotatable bonds is 5. The van der Waals surface area contributed by atoms with Crippen LogP contribution in [0.1, 0.15) is 22.3 Å². The van der Waals surface area contributed by atoms with Crippen molar-refractivity contribution in [1.82, 2.24) is 4.90 Å². The number of aryl methyl sites for hydroxylation is 1. The summed E-state index contributed by atoms with van der Waals surface area (Å²) in [6.07, 6.45) is 0.508. The quantitative estimate of drug-likeness (QED) is 0.633. The van der Waals surface area contributed by atoms with Crippen LogP contribution in [0.4, 0.5) is 5.69 Å². The van der Waals surface area contributed by atoms with E-state index >= 15 is 0 Å². The Hall–Kier alpha value is -1.95. The van der Waals surface area contributed by atoms with Gasteiger partial charge in [-0.05, 0) is 25.0 Å². The highest BCUT2D eigenvalue weighted by molar-refractivity contribution is 5.95. The molecule has 0 saturated heterocycles. The Kier molecular flexibility index (Phi) is 4.79. The van der Waals surface area contributed by atoms with E-state index in [1.54, 1.807) is 14.0 Å². The van der Waals surface area contributed by atoms with Crippen molar-refractivity contribution in [2.24, 2.45) is 0 Å². The molecule has 0 fully saturated rings. The van der Waals surface area contributed by atoms with Crippen molar-refractivity contribution in [1.29, 1.82) is 0 Å². The van der Waals surface area contributed by atoms with Crippen LogP contribution in [-0.2, 0) is 0 Å². The summed E-state index contributed by atoms with van der Waals surface area (Å²) in [5.41, 5.74) is 0.994. The lowest BCUT2D eigenvalue weighted by Gasteiger charge is -2.17. The topological polar surface area (TPSA) is 83.7 Å². The van der Waals surface area contributed by atoms with Gasteiger partial charge < -0.3 is 10.0 Å². The first-order valence-corrected chi connectivity index (χ1v) is 5.58. The average molecular weight is 252 g/mol. The molecule has 0 bridgehead atoms. The first-order valence-electron chi connectivity index (χ1n) is 5.58. The molecular formula is C12H16N2O4. The molecule has 1 aromatic carbocycles. The van der Waals surface area contributed by atoms with Crippen molar-refractivity contribution in [2.45, 2.75) is 13.3 Å². The lowest BCUT2D eigenvalue weighted by Crippen LogP contribution is -2.28. The van der Waals surface area contributed by atoms with Crippen molar-refractivity contribution < 1.29 is 14.8 Å². The van der Waals surface area contributed by atoms with Crippen molar-refractivity contribution in [3.8, 4) is 0 Å². The molecule has 0 spiro atoms. The summed E-state index contributed by atoms with van der Waals surface area (Å²) in [6.45, 7) is 2.14. The Morgan fingerprint density at radius 2 is 2.17 bits per heavy atom. The predicted molar refractivity (Wildman–Crippen MR) is 66.5 cm³/mol. The standard InChI is InChI=1S/C12H16N2O4/c1-9-8-10(14(17)18)4-5-11(9)12(16)13(2)6-3-7-15/h4-5,8,15H,3,6-7H2,1-2H3. The van der Waals surface area contributed by atoms with E-state index in [9.17, 15) is 14.9 Å². The summed E-state index contributed by atoms with van der Waals surface area (Å²) in [6, 6.07) is 4.17. The molecule has 0 aliphatic carbocycles. The first kappa shape index (κ1) is 14.1. The average Bonchev–Trinajstić information content (AvgIpc) is 2.34. The largest absolute Gasteiger partial charge is 0.396 e. The molecular weight excluding hydrogens is 236 g/mol. The van der Waals surface area contributed by atoms with Crippen LogP contribution in [0.2, 0.25) is 0 Å². The number of non-ortho nitro benzene ring substituents is 1. The van der Waals surface area contributed by atoms with Gasteiger partial charge in [0.25, 0.3) is 11.6 Å². The Balaban J connectivity index is 2.89. The summed E-state index contributed by atoms with van der Waals surface area (Å²) < 4.78 is 0. The van der Waals surface area contributed by atoms with Gasteiger partial charge in [-0.25, -0.2) is 0 Å². The van der Waals surface area contributed by atoms with E-state index in [1.165, 1.54) is 23.1 Å². The first-order chi connectivity index (χ1) is 8.47. The lowest BCUT2D eigenvalue weighted by atomic mass is 10.1. The maximum Gasteiger partial charge on any atom is 0.269 e. The Morgan fingerprint density at radius 1 is 1.50 bits per heavy atom. The zero-order valence-electron chi connectivity index (χ0n) is 10.4. The molecule has 6 heteroatoms. The van der Waals surface area contributed by atoms with E-state index in [-0.39, 0.29) is 18.2 Å². The highest BCUT2D eigenvalue weighted by Gasteiger charge is 2.16. The molecule has 0 saturated carbocycles. The second-order valence-electron chi connectivity index (χ2n) is 4.06. The normalized spacial score (nSPS) is 10.2. The molecule has 1 rings (SSSR count). The second-order valence-corrected chi connectivity index (χ2v) is 4.06. The molecule has 0 aliphatic heterocycles. The zero-order chi connectivity index (χ0) is 13.7. The Labute approximate surface area is 105 Å². The molecule has 1 amide bonds. The number of nitro groups is 1. The number of aliphatic hydroxyl groups excluding tert-OH is 1. The second kappa shape index (κ2) is 6.11. The van der Waals surface area contributed by atoms with Gasteiger partial charge in [0, 0.05) is 37.9 Å². The zero-order valence-corrected chi connectivity index (χ0v) is 10.4. The third-order valence-electron chi connectivity index (χ3n) is 2.65. The number of carbonyl (C=O) groups is 1. The van der Waals surface area contributed by atoms with Gasteiger partial charge >= 0.3 is 0 Å². The number of nitro benzene ring substituents is 1.